The van der Waals surface area contributed by atoms with Crippen molar-refractivity contribution in [2.45, 2.75) is 13.3 Å². The summed E-state index contributed by atoms with van der Waals surface area (Å²) in [7, 11) is 0. The Morgan fingerprint density at radius 2 is 2.27 bits per heavy atom. The molecule has 4 heteroatoms. The highest BCUT2D eigenvalue weighted by Crippen LogP contribution is 1.96. The Bertz CT molecular complexity index is 179. The largest absolute Gasteiger partial charge is 0.347 e. The maximum atomic E-state index is 11.1. The van der Waals surface area contributed by atoms with E-state index in [-0.39, 0.29) is 18.4 Å². The first-order valence-electron chi connectivity index (χ1n) is 3.78. The van der Waals surface area contributed by atoms with Gasteiger partial charge in [0, 0.05) is 19.5 Å². The first-order valence-corrected chi connectivity index (χ1v) is 3.78. The lowest BCUT2D eigenvalue weighted by Crippen LogP contribution is -2.34. The molecule has 0 radical (unpaired) electrons. The van der Waals surface area contributed by atoms with E-state index in [2.05, 4.69) is 5.32 Å². The van der Waals surface area contributed by atoms with E-state index in [1.165, 1.54) is 0 Å². The van der Waals surface area contributed by atoms with Gasteiger partial charge < -0.3 is 10.2 Å². The van der Waals surface area contributed by atoms with Crippen LogP contribution in [-0.2, 0) is 9.59 Å². The number of rotatable bonds is 1. The Morgan fingerprint density at radius 1 is 1.55 bits per heavy atom. The van der Waals surface area contributed by atoms with Gasteiger partial charge in [-0.3, -0.25) is 9.59 Å². The van der Waals surface area contributed by atoms with E-state index in [0.717, 1.165) is 0 Å². The van der Waals surface area contributed by atoms with Crippen molar-refractivity contribution in [2.75, 3.05) is 19.6 Å². The molecular formula is C7H12N2O2. The van der Waals surface area contributed by atoms with Gasteiger partial charge in [0.25, 0.3) is 0 Å². The van der Waals surface area contributed by atoms with Crippen LogP contribution in [0.15, 0.2) is 0 Å². The summed E-state index contributed by atoms with van der Waals surface area (Å²) >= 11 is 0. The fourth-order valence-corrected chi connectivity index (χ4v) is 1.07. The molecule has 0 unspecified atom stereocenters. The molecule has 0 aromatic rings. The Hall–Kier alpha value is -1.06. The number of hydrogen-bond acceptors (Lipinski definition) is 2. The predicted octanol–water partition coefficient (Wildman–Crippen LogP) is -0.645. The van der Waals surface area contributed by atoms with Crippen LogP contribution in [0, 0.1) is 0 Å². The fraction of sp³-hybridized carbons (Fsp3) is 0.714. The molecule has 1 aliphatic rings. The van der Waals surface area contributed by atoms with Crippen LogP contribution in [0.2, 0.25) is 0 Å². The van der Waals surface area contributed by atoms with Crippen molar-refractivity contribution in [3.63, 3.8) is 0 Å². The minimum Gasteiger partial charge on any atom is -0.347 e. The van der Waals surface area contributed by atoms with Crippen molar-refractivity contribution in [1.29, 1.82) is 0 Å². The van der Waals surface area contributed by atoms with Crippen molar-refractivity contribution >= 4 is 11.8 Å². The minimum atomic E-state index is -0.0331. The number of nitrogens with zero attached hydrogens (tertiary/aromatic N) is 1. The van der Waals surface area contributed by atoms with Crippen molar-refractivity contribution in [3.8, 4) is 0 Å². The third-order valence-corrected chi connectivity index (χ3v) is 1.78. The molecule has 0 atom stereocenters. The lowest BCUT2D eigenvalue weighted by molar-refractivity contribution is -0.129. The summed E-state index contributed by atoms with van der Waals surface area (Å²) in [6.45, 7) is 3.31. The van der Waals surface area contributed by atoms with Gasteiger partial charge in [-0.2, -0.15) is 0 Å². The van der Waals surface area contributed by atoms with Crippen molar-refractivity contribution in [1.82, 2.24) is 10.2 Å². The molecule has 1 aliphatic heterocycles. The highest BCUT2D eigenvalue weighted by atomic mass is 16.2. The molecule has 1 saturated heterocycles. The van der Waals surface area contributed by atoms with Gasteiger partial charge in [0.1, 0.15) is 0 Å². The zero-order chi connectivity index (χ0) is 8.27. The van der Waals surface area contributed by atoms with Gasteiger partial charge in [0.05, 0.1) is 6.54 Å². The summed E-state index contributed by atoms with van der Waals surface area (Å²) < 4.78 is 0. The molecule has 2 amide bonds. The highest BCUT2D eigenvalue weighted by molar-refractivity contribution is 5.87. The molecule has 4 nitrogen and oxygen atoms in total. The molecule has 0 aliphatic carbocycles. The third kappa shape index (κ3) is 1.93. The second-order valence-corrected chi connectivity index (χ2v) is 2.50. The van der Waals surface area contributed by atoms with Crippen LogP contribution in [0.3, 0.4) is 0 Å². The monoisotopic (exact) mass is 156 g/mol. The number of carbonyl (C=O) groups excluding carboxylic acids is 2. The van der Waals surface area contributed by atoms with Crippen LogP contribution in [0.25, 0.3) is 0 Å². The smallest absolute Gasteiger partial charge is 0.241 e. The maximum absolute atomic E-state index is 11.1. The molecule has 0 saturated carbocycles. The second-order valence-electron chi connectivity index (χ2n) is 2.50. The molecule has 0 aromatic heterocycles. The van der Waals surface area contributed by atoms with Crippen molar-refractivity contribution in [3.05, 3.63) is 0 Å². The predicted molar refractivity (Wildman–Crippen MR) is 39.9 cm³/mol. The molecule has 1 fully saturated rings. The van der Waals surface area contributed by atoms with Crippen LogP contribution in [0.1, 0.15) is 13.3 Å². The van der Waals surface area contributed by atoms with Crippen molar-refractivity contribution in [2.24, 2.45) is 0 Å². The van der Waals surface area contributed by atoms with E-state index in [1.807, 2.05) is 6.92 Å². The maximum Gasteiger partial charge on any atom is 0.241 e. The van der Waals surface area contributed by atoms with Crippen LogP contribution < -0.4 is 5.32 Å². The van der Waals surface area contributed by atoms with Crippen LogP contribution in [0.4, 0.5) is 0 Å². The van der Waals surface area contributed by atoms with Gasteiger partial charge in [-0.05, 0) is 6.92 Å². The lowest BCUT2D eigenvalue weighted by atomic mass is 10.4. The van der Waals surface area contributed by atoms with Crippen LogP contribution in [-0.4, -0.2) is 36.3 Å². The van der Waals surface area contributed by atoms with Crippen LogP contribution >= 0.6 is 0 Å². The summed E-state index contributed by atoms with van der Waals surface area (Å²) in [5.74, 6) is -0.0207. The van der Waals surface area contributed by atoms with E-state index in [4.69, 9.17) is 0 Å². The molecule has 0 bridgehead atoms. The quantitative estimate of drug-likeness (QED) is 0.548. The Kier molecular flexibility index (Phi) is 2.46. The second kappa shape index (κ2) is 3.37. The van der Waals surface area contributed by atoms with Gasteiger partial charge in [0.15, 0.2) is 0 Å². The van der Waals surface area contributed by atoms with Gasteiger partial charge in [-0.1, -0.05) is 0 Å². The van der Waals surface area contributed by atoms with E-state index in [0.29, 0.717) is 19.5 Å². The molecule has 1 heterocycles. The SMILES string of the molecule is CCN1CCC(=O)NCC1=O. The molecular weight excluding hydrogens is 144 g/mol. The average Bonchev–Trinajstić information content (AvgIpc) is 2.15. The normalized spacial score (nSPS) is 19.5. The number of amides is 2. The van der Waals surface area contributed by atoms with E-state index in [9.17, 15) is 9.59 Å². The standard InChI is InChI=1S/C7H12N2O2/c1-2-9-4-3-6(10)8-5-7(9)11/h2-5H2,1H3,(H,8,10). The zero-order valence-corrected chi connectivity index (χ0v) is 6.59. The van der Waals surface area contributed by atoms with Crippen molar-refractivity contribution < 1.29 is 9.59 Å². The van der Waals surface area contributed by atoms with E-state index >= 15 is 0 Å². The summed E-state index contributed by atoms with van der Waals surface area (Å²) in [6, 6.07) is 0. The first-order chi connectivity index (χ1) is 5.24. The Labute approximate surface area is 65.6 Å². The van der Waals surface area contributed by atoms with E-state index < -0.39 is 0 Å². The Balaban J connectivity index is 2.55. The van der Waals surface area contributed by atoms with Crippen LogP contribution in [0.5, 0.6) is 0 Å². The molecule has 0 spiro atoms. The third-order valence-electron chi connectivity index (χ3n) is 1.78. The van der Waals surface area contributed by atoms with Gasteiger partial charge in [0.2, 0.25) is 11.8 Å². The number of carbonyl (C=O) groups is 2. The van der Waals surface area contributed by atoms with E-state index in [1.54, 1.807) is 4.90 Å². The summed E-state index contributed by atoms with van der Waals surface area (Å²) in [5.41, 5.74) is 0. The zero-order valence-electron chi connectivity index (χ0n) is 6.59. The molecule has 0 aromatic carbocycles. The lowest BCUT2D eigenvalue weighted by Gasteiger charge is -2.16. The minimum absolute atomic E-state index is 0.0124. The number of likely N-dealkylation sites (N-methyl/N-ethyl adjacent to an activating group) is 1. The van der Waals surface area contributed by atoms with Gasteiger partial charge in [-0.15, -0.1) is 0 Å². The van der Waals surface area contributed by atoms with Gasteiger partial charge >= 0.3 is 0 Å². The topological polar surface area (TPSA) is 49.4 Å². The average molecular weight is 156 g/mol. The number of hydrogen-bond donors (Lipinski definition) is 1. The molecule has 11 heavy (non-hydrogen) atoms. The summed E-state index contributed by atoms with van der Waals surface area (Å²) in [6.07, 6.45) is 0.430. The summed E-state index contributed by atoms with van der Waals surface area (Å²) in [5, 5.41) is 2.53. The summed E-state index contributed by atoms with van der Waals surface area (Å²) in [4.78, 5) is 23.6. The van der Waals surface area contributed by atoms with Gasteiger partial charge in [-0.25, -0.2) is 0 Å². The molecule has 62 valence electrons. The molecule has 1 rings (SSSR count). The number of nitrogens with one attached hydrogen (secondary N) is 1. The fourth-order valence-electron chi connectivity index (χ4n) is 1.07. The first kappa shape index (κ1) is 8.04. The Morgan fingerprint density at radius 3 is 2.91 bits per heavy atom. The molecule has 1 N–H and O–H groups in total. The highest BCUT2D eigenvalue weighted by Gasteiger charge is 2.17.